The molecule has 3 N–H and O–H groups in total. The Morgan fingerprint density at radius 3 is 1.85 bits per heavy atom. The Morgan fingerprint density at radius 2 is 1.27 bits per heavy atom. The molecule has 28 nitrogen and oxygen atoms in total. The van der Waals surface area contributed by atoms with E-state index < -0.39 is 127 Å². The first-order valence-corrected chi connectivity index (χ1v) is 37.7. The molecule has 15 atom stereocenters. The number of rotatable bonds is 39. The molecular weight excluding hydrogens is 1420 g/mol. The largest absolute Gasteiger partial charge is 0.469 e. The quantitative estimate of drug-likeness (QED) is 0.0212. The normalized spacial score (nSPS) is 19.9. The van der Waals surface area contributed by atoms with Crippen molar-refractivity contribution in [2.75, 3.05) is 74.2 Å². The number of esters is 4. The fourth-order valence-corrected chi connectivity index (χ4v) is 15.4. The molecule has 0 radical (unpaired) electrons. The minimum atomic E-state index is -1.85. The number of methoxy groups -OCH3 is 3. The van der Waals surface area contributed by atoms with Crippen LogP contribution in [0.4, 0.5) is 15.3 Å². The van der Waals surface area contributed by atoms with Gasteiger partial charge < -0.3 is 67.8 Å². The van der Waals surface area contributed by atoms with Crippen LogP contribution in [-0.4, -0.2) is 204 Å². The zero-order valence-electron chi connectivity index (χ0n) is 66.4. The molecule has 2 fully saturated rings. The summed E-state index contributed by atoms with van der Waals surface area (Å²) in [6.45, 7) is 18.1. The molecule has 0 bridgehead atoms. The molecule has 0 unspecified atom stereocenters. The number of anilines is 1. The Hall–Kier alpha value is -9.35. The zero-order valence-corrected chi connectivity index (χ0v) is 66.4. The van der Waals surface area contributed by atoms with Gasteiger partial charge in [0.2, 0.25) is 36.4 Å². The van der Waals surface area contributed by atoms with Crippen LogP contribution in [0.2, 0.25) is 0 Å². The summed E-state index contributed by atoms with van der Waals surface area (Å²) in [5.41, 5.74) is 5.00. The predicted octanol–water partition coefficient (Wildman–Crippen LogP) is 10.1. The molecule has 0 spiro atoms. The zero-order chi connectivity index (χ0) is 80.8. The number of Topliss-reactive ketones (excluding diaryl/α,β-unsaturated/α-hetero) is 2. The van der Waals surface area contributed by atoms with Crippen molar-refractivity contribution in [2.45, 2.75) is 195 Å². The highest BCUT2D eigenvalue weighted by atomic mass is 16.8. The monoisotopic (exact) mass is 1530 g/mol. The van der Waals surface area contributed by atoms with Crippen LogP contribution in [0.15, 0.2) is 97.1 Å². The summed E-state index contributed by atoms with van der Waals surface area (Å²) in [6, 6.07) is 27.7. The standard InChI is InChI=1S/C82H112N6O22/c1-18-48(6)72(87(14)77(96)60(46(2)3)41-65(93)71(47(4)5)86(12)13)67(100-15)42-69(95)88-38-26-33-63(88)74(101-16)50(8)64(92)39-49(7)73(55-27-20-19-21-28-55)105-45-84-82(99)103-43-54-34-35-66(109-79-70(78(97)102-17)75(106-51(9)89)76(107-52(10)90)80(110-79)108-53(11)91)62(40-54)85-68(94)36-37-83-81(98)104-44-61-58-31-24-22-29-56(58)57-30-23-25-32-59(57)61/h19-25,27-32,34-35,40,46-50,60-61,63,67,70-76,79-80H,18,26,33,36-39,41-45H2,1-17H3,(H,83,98)(H,84,99)(H,85,94)/t48-,49-,50-,60-,63-,67+,70+,71-,72-,73+,74+,75-,76+,79-,80+/m0/s1. The van der Waals surface area contributed by atoms with E-state index in [9.17, 15) is 52.7 Å². The average Bonchev–Trinajstić information content (AvgIpc) is 1.37. The van der Waals surface area contributed by atoms with Gasteiger partial charge in [-0.05, 0) is 96.1 Å². The Labute approximate surface area is 645 Å². The Kier molecular flexibility index (Phi) is 33.2. The number of benzene rings is 4. The van der Waals surface area contributed by atoms with E-state index in [1.165, 1.54) is 25.3 Å². The van der Waals surface area contributed by atoms with Gasteiger partial charge in [-0.15, -0.1) is 0 Å². The third kappa shape index (κ3) is 23.1. The molecule has 4 aromatic carbocycles. The maximum absolute atomic E-state index is 14.7. The lowest BCUT2D eigenvalue weighted by atomic mass is 9.83. The van der Waals surface area contributed by atoms with Crippen LogP contribution in [0.25, 0.3) is 11.1 Å². The minimum Gasteiger partial charge on any atom is -0.469 e. The number of carbonyl (C=O) groups is 11. The summed E-state index contributed by atoms with van der Waals surface area (Å²) in [6.07, 6.45) is -9.25. The number of likely N-dealkylation sites (N-methyl/N-ethyl adjacent to an activating group) is 2. The summed E-state index contributed by atoms with van der Waals surface area (Å²) >= 11 is 0. The molecule has 110 heavy (non-hydrogen) atoms. The molecule has 2 heterocycles. The molecule has 1 aliphatic carbocycles. The first kappa shape index (κ1) is 87.9. The molecule has 602 valence electrons. The van der Waals surface area contributed by atoms with Crippen LogP contribution in [0, 0.1) is 41.4 Å². The van der Waals surface area contributed by atoms with Crippen molar-refractivity contribution >= 4 is 71.0 Å². The maximum Gasteiger partial charge on any atom is 0.409 e. The molecular formula is C82H112N6O22. The third-order valence-electron chi connectivity index (χ3n) is 20.8. The molecule has 7 rings (SSSR count). The van der Waals surface area contributed by atoms with Crippen LogP contribution >= 0.6 is 0 Å². The van der Waals surface area contributed by atoms with E-state index >= 15 is 0 Å². The van der Waals surface area contributed by atoms with Crippen LogP contribution < -0.4 is 20.7 Å². The Balaban J connectivity index is 1.02. The summed E-state index contributed by atoms with van der Waals surface area (Å²) < 4.78 is 63.7. The van der Waals surface area contributed by atoms with Crippen LogP contribution in [-0.2, 0) is 97.1 Å². The van der Waals surface area contributed by atoms with Crippen LogP contribution in [0.1, 0.15) is 155 Å². The first-order chi connectivity index (χ1) is 52.3. The van der Waals surface area contributed by atoms with Gasteiger partial charge in [-0.1, -0.05) is 147 Å². The molecule has 28 heteroatoms. The minimum absolute atomic E-state index is 0.00125. The number of nitrogens with zero attached hydrogens (tertiary/aromatic N) is 3. The molecule has 2 aliphatic heterocycles. The van der Waals surface area contributed by atoms with Crippen molar-refractivity contribution in [1.29, 1.82) is 0 Å². The van der Waals surface area contributed by atoms with Gasteiger partial charge in [0.25, 0.3) is 0 Å². The van der Waals surface area contributed by atoms with E-state index in [4.69, 9.17) is 52.1 Å². The number of alkyl carbamates (subject to hydrolysis) is 2. The van der Waals surface area contributed by atoms with Gasteiger partial charge in [-0.25, -0.2) is 9.59 Å². The van der Waals surface area contributed by atoms with E-state index in [1.807, 2.05) is 146 Å². The van der Waals surface area contributed by atoms with E-state index in [-0.39, 0.29) is 116 Å². The number of likely N-dealkylation sites (tertiary alicyclic amines) is 1. The van der Waals surface area contributed by atoms with E-state index in [1.54, 1.807) is 30.9 Å². The van der Waals surface area contributed by atoms with Gasteiger partial charge >= 0.3 is 36.1 Å². The average molecular weight is 1530 g/mol. The van der Waals surface area contributed by atoms with Crippen molar-refractivity contribution in [3.8, 4) is 16.9 Å². The van der Waals surface area contributed by atoms with Crippen molar-refractivity contribution < 1.29 is 105 Å². The van der Waals surface area contributed by atoms with Crippen molar-refractivity contribution in [3.05, 3.63) is 119 Å². The van der Waals surface area contributed by atoms with E-state index in [2.05, 4.69) is 16.0 Å². The number of nitrogens with one attached hydrogen (secondary N) is 3. The molecule has 0 aromatic heterocycles. The highest BCUT2D eigenvalue weighted by Gasteiger charge is 2.57. The molecule has 5 amide bonds. The van der Waals surface area contributed by atoms with E-state index in [0.29, 0.717) is 31.4 Å². The highest BCUT2D eigenvalue weighted by Crippen LogP contribution is 2.45. The smallest absolute Gasteiger partial charge is 0.409 e. The van der Waals surface area contributed by atoms with Gasteiger partial charge in [0.05, 0.1) is 55.7 Å². The van der Waals surface area contributed by atoms with Gasteiger partial charge in [0.1, 0.15) is 31.5 Å². The Morgan fingerprint density at radius 1 is 0.655 bits per heavy atom. The molecule has 0 saturated carbocycles. The molecule has 3 aliphatic rings. The van der Waals surface area contributed by atoms with Crippen molar-refractivity contribution in [3.63, 3.8) is 0 Å². The van der Waals surface area contributed by atoms with Crippen molar-refractivity contribution in [1.82, 2.24) is 25.3 Å². The number of amides is 5. The third-order valence-corrected chi connectivity index (χ3v) is 20.8. The lowest BCUT2D eigenvalue weighted by Crippen LogP contribution is -2.61. The second-order valence-electron chi connectivity index (χ2n) is 29.5. The predicted molar refractivity (Wildman–Crippen MR) is 404 cm³/mol. The number of ether oxygens (including phenoxy) is 11. The summed E-state index contributed by atoms with van der Waals surface area (Å²) in [4.78, 5) is 155. The first-order valence-electron chi connectivity index (χ1n) is 37.7. The Bertz CT molecular complexity index is 3760. The number of ketones is 2. The van der Waals surface area contributed by atoms with Crippen molar-refractivity contribution in [2.24, 2.45) is 41.4 Å². The van der Waals surface area contributed by atoms with Crippen LogP contribution in [0.5, 0.6) is 5.75 Å². The lowest BCUT2D eigenvalue weighted by molar-refractivity contribution is -0.313. The number of fused-ring (bicyclic) bond motifs is 3. The topological polar surface area (TPSA) is 335 Å². The summed E-state index contributed by atoms with van der Waals surface area (Å²) in [5, 5.41) is 7.95. The summed E-state index contributed by atoms with van der Waals surface area (Å²) in [7, 11) is 9.59. The van der Waals surface area contributed by atoms with Gasteiger partial charge in [-0.3, -0.25) is 58.1 Å². The van der Waals surface area contributed by atoms with Gasteiger partial charge in [-0.2, -0.15) is 0 Å². The lowest BCUT2D eigenvalue weighted by Gasteiger charge is -2.43. The fourth-order valence-electron chi connectivity index (χ4n) is 15.4. The second kappa shape index (κ2) is 41.6. The fraction of sp³-hybridized carbons (Fsp3) is 0.573. The second-order valence-corrected chi connectivity index (χ2v) is 29.5. The molecule has 4 aromatic rings. The SMILES string of the molecule is CC[C@H](C)[C@@H]([C@@H](CC(=O)N1CCC[C@H]1[C@H](OC)[C@@H](C)C(=O)C[C@H](C)[C@@H](OCNC(=O)OCc1ccc(O[C@H]2O[C@@H](OC(C)=O)[C@H](OC(C)=O)[C@@H](OC(C)=O)[C@@H]2C(=O)OC)c(NC(=O)CCNC(=O)OCC2c3ccccc3-c3ccccc32)c1)c1ccccc1)OC)N(C)C(=O)[C@@H](CC(=O)[C@H](C(C)C)N(C)C)C(C)C. The molecule has 2 saturated heterocycles. The number of hydrogen-bond acceptors (Lipinski definition) is 23. The number of hydrogen-bond donors (Lipinski definition) is 3. The highest BCUT2D eigenvalue weighted by molar-refractivity contribution is 5.93. The maximum atomic E-state index is 14.7. The van der Waals surface area contributed by atoms with Crippen LogP contribution in [0.3, 0.4) is 0 Å². The van der Waals surface area contributed by atoms with Gasteiger partial charge in [0, 0.05) is 92.1 Å². The summed E-state index contributed by atoms with van der Waals surface area (Å²) in [5.74, 6) is -9.10. The number of carbonyl (C=O) groups excluding carboxylic acids is 11. The van der Waals surface area contributed by atoms with Gasteiger partial charge in [0.15, 0.2) is 17.8 Å². The van der Waals surface area contributed by atoms with E-state index in [0.717, 1.165) is 50.1 Å².